The molecule has 0 saturated heterocycles. The Morgan fingerprint density at radius 3 is 2.58 bits per heavy atom. The van der Waals surface area contributed by atoms with E-state index in [1.165, 1.54) is 19.2 Å². The number of fused-ring (bicyclic) bond motifs is 1. The fourth-order valence-electron chi connectivity index (χ4n) is 2.29. The number of hydrogen-bond acceptors (Lipinski definition) is 5. The van der Waals surface area contributed by atoms with Crippen LogP contribution in [0.15, 0.2) is 53.4 Å². The quantitative estimate of drug-likeness (QED) is 0.656. The van der Waals surface area contributed by atoms with Crippen LogP contribution in [0, 0.1) is 6.92 Å². The molecule has 0 amide bonds. The molecule has 0 N–H and O–H groups in total. The zero-order valence-corrected chi connectivity index (χ0v) is 14.6. The summed E-state index contributed by atoms with van der Waals surface area (Å²) < 4.78 is 35.8. The van der Waals surface area contributed by atoms with Gasteiger partial charge in [-0.15, -0.1) is 0 Å². The fraction of sp³-hybridized carbons (Fsp3) is 0.118. The summed E-state index contributed by atoms with van der Waals surface area (Å²) in [5, 5.41) is 1.05. The molecule has 7 heteroatoms. The molecule has 1 aromatic heterocycles. The molecule has 0 radical (unpaired) electrons. The molecule has 0 spiro atoms. The van der Waals surface area contributed by atoms with Gasteiger partial charge in [-0.1, -0.05) is 29.8 Å². The molecule has 0 unspecified atom stereocenters. The molecule has 2 aromatic carbocycles. The second kappa shape index (κ2) is 6.30. The molecule has 3 aromatic rings. The number of rotatable bonds is 4. The number of hydrogen-bond donors (Lipinski definition) is 0. The number of benzene rings is 2. The van der Waals surface area contributed by atoms with Crippen LogP contribution in [0.4, 0.5) is 0 Å². The van der Waals surface area contributed by atoms with Crippen molar-refractivity contribution >= 4 is 32.6 Å². The molecule has 3 rings (SSSR count). The first-order chi connectivity index (χ1) is 11.4. The molecule has 1 heterocycles. The minimum absolute atomic E-state index is 0.137. The van der Waals surface area contributed by atoms with Crippen molar-refractivity contribution in [3.8, 4) is 11.5 Å². The molecule has 0 bridgehead atoms. The predicted octanol–water partition coefficient (Wildman–Crippen LogP) is 3.97. The Morgan fingerprint density at radius 1 is 1.04 bits per heavy atom. The number of halogens is 1. The van der Waals surface area contributed by atoms with Crippen LogP contribution in [-0.2, 0) is 10.1 Å². The first kappa shape index (κ1) is 16.5. The lowest BCUT2D eigenvalue weighted by Crippen LogP contribution is -2.11. The van der Waals surface area contributed by atoms with Crippen LogP contribution in [0.25, 0.3) is 10.9 Å². The Labute approximate surface area is 144 Å². The average Bonchev–Trinajstić information content (AvgIpc) is 2.55. The van der Waals surface area contributed by atoms with Crippen molar-refractivity contribution in [2.75, 3.05) is 7.11 Å². The molecule has 0 aliphatic carbocycles. The van der Waals surface area contributed by atoms with Crippen molar-refractivity contribution in [2.24, 2.45) is 0 Å². The van der Waals surface area contributed by atoms with E-state index in [1.54, 1.807) is 18.2 Å². The molecule has 0 aliphatic heterocycles. The van der Waals surface area contributed by atoms with Crippen molar-refractivity contribution in [1.29, 1.82) is 0 Å². The molecule has 5 nitrogen and oxygen atoms in total. The lowest BCUT2D eigenvalue weighted by molar-refractivity contribution is 0.398. The number of aromatic nitrogens is 1. The number of methoxy groups -OCH3 is 1. The normalized spacial score (nSPS) is 11.5. The molecule has 0 fully saturated rings. The number of nitrogens with zero attached hydrogens (tertiary/aromatic N) is 1. The first-order valence-electron chi connectivity index (χ1n) is 7.05. The maximum absolute atomic E-state index is 12.7. The Hall–Kier alpha value is -2.31. The number of pyridine rings is 1. The third-order valence-corrected chi connectivity index (χ3v) is 4.91. The van der Waals surface area contributed by atoms with Gasteiger partial charge in [0.2, 0.25) is 0 Å². The summed E-state index contributed by atoms with van der Waals surface area (Å²) in [5.74, 6) is 0.307. The van der Waals surface area contributed by atoms with Gasteiger partial charge in [-0.3, -0.25) is 0 Å². The van der Waals surface area contributed by atoms with Crippen molar-refractivity contribution in [3.05, 3.63) is 59.2 Å². The van der Waals surface area contributed by atoms with Gasteiger partial charge in [0.15, 0.2) is 5.75 Å². The lowest BCUT2D eigenvalue weighted by atomic mass is 10.2. The number of ether oxygens (including phenoxy) is 1. The summed E-state index contributed by atoms with van der Waals surface area (Å²) in [4.78, 5) is 4.23. The maximum Gasteiger partial charge on any atom is 0.343 e. The highest BCUT2D eigenvalue weighted by Crippen LogP contribution is 2.32. The Bertz CT molecular complexity index is 1020. The van der Waals surface area contributed by atoms with Crippen molar-refractivity contribution in [1.82, 2.24) is 4.98 Å². The van der Waals surface area contributed by atoms with Crippen LogP contribution >= 0.6 is 11.6 Å². The minimum Gasteiger partial charge on any atom is -0.495 e. The maximum atomic E-state index is 12.7. The lowest BCUT2D eigenvalue weighted by Gasteiger charge is -2.12. The van der Waals surface area contributed by atoms with Gasteiger partial charge >= 0.3 is 10.1 Å². The standard InChI is InChI=1S/C17H14ClNO4S/c1-11-6-7-12-4-3-5-15(17(12)19-11)23-24(20,21)16-10-13(18)8-9-14(16)22-2/h3-10H,1-2H3. The van der Waals surface area contributed by atoms with E-state index in [0.717, 1.165) is 11.1 Å². The Balaban J connectivity index is 2.11. The summed E-state index contributed by atoms with van der Waals surface area (Å²) in [6, 6.07) is 13.1. The SMILES string of the molecule is COc1ccc(Cl)cc1S(=O)(=O)Oc1cccc2ccc(C)nc12. The Kier molecular flexibility index (Phi) is 4.34. The highest BCUT2D eigenvalue weighted by Gasteiger charge is 2.23. The molecule has 0 aliphatic rings. The van der Waals surface area contributed by atoms with Crippen LogP contribution in [-0.4, -0.2) is 20.5 Å². The smallest absolute Gasteiger partial charge is 0.343 e. The summed E-state index contributed by atoms with van der Waals surface area (Å²) in [6.45, 7) is 1.82. The van der Waals surface area contributed by atoms with E-state index in [-0.39, 0.29) is 21.4 Å². The topological polar surface area (TPSA) is 65.5 Å². The highest BCUT2D eigenvalue weighted by molar-refractivity contribution is 7.87. The van der Waals surface area contributed by atoms with Gasteiger partial charge in [-0.05, 0) is 37.3 Å². The zero-order chi connectivity index (χ0) is 17.3. The average molecular weight is 364 g/mol. The molecule has 0 atom stereocenters. The van der Waals surface area contributed by atoms with Gasteiger partial charge in [-0.25, -0.2) is 4.98 Å². The molecule has 124 valence electrons. The fourth-order valence-corrected chi connectivity index (χ4v) is 3.66. The van der Waals surface area contributed by atoms with Crippen LogP contribution in [0.5, 0.6) is 11.5 Å². The predicted molar refractivity (Wildman–Crippen MR) is 92.3 cm³/mol. The number of para-hydroxylation sites is 1. The van der Waals surface area contributed by atoms with E-state index < -0.39 is 10.1 Å². The second-order valence-corrected chi connectivity index (χ2v) is 7.06. The van der Waals surface area contributed by atoms with Crippen LogP contribution in [0.2, 0.25) is 5.02 Å². The molecular formula is C17H14ClNO4S. The molecule has 24 heavy (non-hydrogen) atoms. The summed E-state index contributed by atoms with van der Waals surface area (Å²) >= 11 is 5.91. The Morgan fingerprint density at radius 2 is 1.83 bits per heavy atom. The van der Waals surface area contributed by atoms with Crippen molar-refractivity contribution in [2.45, 2.75) is 11.8 Å². The van der Waals surface area contributed by atoms with Gasteiger partial charge in [0.1, 0.15) is 16.2 Å². The summed E-state index contributed by atoms with van der Waals surface area (Å²) in [7, 11) is -2.75. The van der Waals surface area contributed by atoms with E-state index in [0.29, 0.717) is 5.52 Å². The van der Waals surface area contributed by atoms with E-state index in [2.05, 4.69) is 4.98 Å². The van der Waals surface area contributed by atoms with E-state index in [9.17, 15) is 8.42 Å². The van der Waals surface area contributed by atoms with Gasteiger partial charge in [0.25, 0.3) is 0 Å². The molecule has 0 saturated carbocycles. The van der Waals surface area contributed by atoms with Gasteiger partial charge < -0.3 is 8.92 Å². The summed E-state index contributed by atoms with van der Waals surface area (Å²) in [5.41, 5.74) is 1.23. The number of aryl methyl sites for hydroxylation is 1. The van der Waals surface area contributed by atoms with E-state index >= 15 is 0 Å². The van der Waals surface area contributed by atoms with Gasteiger partial charge in [0.05, 0.1) is 7.11 Å². The minimum atomic E-state index is -4.13. The highest BCUT2D eigenvalue weighted by atomic mass is 35.5. The van der Waals surface area contributed by atoms with E-state index in [1.807, 2.05) is 25.1 Å². The van der Waals surface area contributed by atoms with Crippen LogP contribution < -0.4 is 8.92 Å². The second-order valence-electron chi connectivity index (χ2n) is 5.11. The van der Waals surface area contributed by atoms with Crippen LogP contribution in [0.3, 0.4) is 0 Å². The monoisotopic (exact) mass is 363 g/mol. The largest absolute Gasteiger partial charge is 0.495 e. The first-order valence-corrected chi connectivity index (χ1v) is 8.84. The summed E-state index contributed by atoms with van der Waals surface area (Å²) in [6.07, 6.45) is 0. The zero-order valence-electron chi connectivity index (χ0n) is 13.0. The van der Waals surface area contributed by atoms with Crippen molar-refractivity contribution in [3.63, 3.8) is 0 Å². The van der Waals surface area contributed by atoms with E-state index in [4.69, 9.17) is 20.5 Å². The molecular weight excluding hydrogens is 350 g/mol. The van der Waals surface area contributed by atoms with Gasteiger partial charge in [-0.2, -0.15) is 8.42 Å². The van der Waals surface area contributed by atoms with Crippen LogP contribution in [0.1, 0.15) is 5.69 Å². The van der Waals surface area contributed by atoms with Crippen molar-refractivity contribution < 1.29 is 17.3 Å². The van der Waals surface area contributed by atoms with Gasteiger partial charge in [0, 0.05) is 16.1 Å². The third kappa shape index (κ3) is 3.16. The third-order valence-electron chi connectivity index (χ3n) is 3.42.